The van der Waals surface area contributed by atoms with Crippen LogP contribution in [0.3, 0.4) is 0 Å². The van der Waals surface area contributed by atoms with Gasteiger partial charge in [-0.2, -0.15) is 0 Å². The Balaban J connectivity index is 1.95. The summed E-state index contributed by atoms with van der Waals surface area (Å²) in [7, 11) is 4.48. The number of nitrogens with zero attached hydrogens (tertiary/aromatic N) is 2. The van der Waals surface area contributed by atoms with Crippen molar-refractivity contribution in [3.05, 3.63) is 18.2 Å². The maximum atomic E-state index is 6.04. The first-order chi connectivity index (χ1) is 9.00. The maximum absolute atomic E-state index is 6.04. The maximum Gasteiger partial charge on any atom is 0.0962 e. The molecule has 4 N–H and O–H groups in total. The van der Waals surface area contributed by atoms with Crippen molar-refractivity contribution in [2.45, 2.75) is 19.3 Å². The van der Waals surface area contributed by atoms with Gasteiger partial charge in [0, 0.05) is 12.7 Å². The second-order valence-corrected chi connectivity index (χ2v) is 6.09. The van der Waals surface area contributed by atoms with Gasteiger partial charge in [-0.1, -0.05) is 0 Å². The second kappa shape index (κ2) is 5.70. The Morgan fingerprint density at radius 3 is 2.47 bits per heavy atom. The molecule has 1 heterocycles. The van der Waals surface area contributed by atoms with Crippen LogP contribution in [0.1, 0.15) is 19.3 Å². The highest BCUT2D eigenvalue weighted by Gasteiger charge is 2.24. The van der Waals surface area contributed by atoms with Crippen LogP contribution >= 0.6 is 0 Å². The van der Waals surface area contributed by atoms with Gasteiger partial charge < -0.3 is 20.9 Å². The highest BCUT2D eigenvalue weighted by Crippen LogP contribution is 2.25. The summed E-state index contributed by atoms with van der Waals surface area (Å²) in [6.45, 7) is 4.83. The number of hydrogen-bond donors (Lipinski definition) is 2. The van der Waals surface area contributed by atoms with Crippen LogP contribution in [0.5, 0.6) is 0 Å². The van der Waals surface area contributed by atoms with E-state index >= 15 is 0 Å². The summed E-state index contributed by atoms with van der Waals surface area (Å²) in [4.78, 5) is 2.24. The van der Waals surface area contributed by atoms with Gasteiger partial charge in [0.15, 0.2) is 0 Å². The molecule has 0 aliphatic carbocycles. The molecule has 0 spiro atoms. The zero-order valence-electron chi connectivity index (χ0n) is 12.2. The van der Waals surface area contributed by atoms with Crippen molar-refractivity contribution in [3.8, 4) is 0 Å². The molecule has 4 nitrogen and oxygen atoms in total. The average molecular weight is 263 g/mol. The first-order valence-electron chi connectivity index (χ1n) is 7.20. The van der Waals surface area contributed by atoms with Gasteiger partial charge in [0.25, 0.3) is 0 Å². The normalized spacial score (nSPS) is 18.2. The van der Waals surface area contributed by atoms with Crippen molar-refractivity contribution in [2.24, 2.45) is 0 Å². The highest BCUT2D eigenvalue weighted by molar-refractivity contribution is 5.71. The number of likely N-dealkylation sites (tertiary alicyclic amines) is 1. The van der Waals surface area contributed by atoms with Crippen LogP contribution in [-0.2, 0) is 0 Å². The van der Waals surface area contributed by atoms with Gasteiger partial charge in [0.2, 0.25) is 0 Å². The largest absolute Gasteiger partial charge is 0.399 e. The number of quaternary nitrogens is 1. The fourth-order valence-corrected chi connectivity index (χ4v) is 2.93. The van der Waals surface area contributed by atoms with Crippen LogP contribution in [0.2, 0.25) is 0 Å². The first kappa shape index (κ1) is 14.0. The van der Waals surface area contributed by atoms with Crippen LogP contribution in [0.25, 0.3) is 0 Å². The van der Waals surface area contributed by atoms with Crippen molar-refractivity contribution in [2.75, 3.05) is 56.6 Å². The molecule has 1 aromatic rings. The van der Waals surface area contributed by atoms with Crippen molar-refractivity contribution in [1.29, 1.82) is 0 Å². The molecule has 0 amide bonds. The molecule has 1 aliphatic rings. The monoisotopic (exact) mass is 263 g/mol. The van der Waals surface area contributed by atoms with Crippen molar-refractivity contribution in [3.63, 3.8) is 0 Å². The summed E-state index contributed by atoms with van der Waals surface area (Å²) in [5.74, 6) is 0. The lowest BCUT2D eigenvalue weighted by molar-refractivity contribution is -0.912. The molecular weight excluding hydrogens is 236 g/mol. The Morgan fingerprint density at radius 2 is 1.84 bits per heavy atom. The molecule has 19 heavy (non-hydrogen) atoms. The molecule has 0 bridgehead atoms. The predicted molar refractivity (Wildman–Crippen MR) is 83.2 cm³/mol. The lowest BCUT2D eigenvalue weighted by Gasteiger charge is -2.39. The van der Waals surface area contributed by atoms with E-state index in [-0.39, 0.29) is 0 Å². The summed E-state index contributed by atoms with van der Waals surface area (Å²) in [5, 5.41) is 0. The highest BCUT2D eigenvalue weighted by atomic mass is 15.3. The number of hydrogen-bond acceptors (Lipinski definition) is 3. The molecule has 106 valence electrons. The zero-order valence-corrected chi connectivity index (χ0v) is 12.2. The minimum atomic E-state index is 0.727. The Hall–Kier alpha value is -1.42. The quantitative estimate of drug-likeness (QED) is 0.644. The number of piperidine rings is 1. The fourth-order valence-electron chi connectivity index (χ4n) is 2.93. The number of likely N-dealkylation sites (N-methyl/N-ethyl adjacent to an activating group) is 2. The van der Waals surface area contributed by atoms with Crippen LogP contribution < -0.4 is 16.4 Å². The van der Waals surface area contributed by atoms with Crippen LogP contribution in [0.15, 0.2) is 18.2 Å². The van der Waals surface area contributed by atoms with E-state index in [9.17, 15) is 0 Å². The van der Waals surface area contributed by atoms with Crippen LogP contribution in [-0.4, -0.2) is 44.8 Å². The third-order valence-electron chi connectivity index (χ3n) is 4.33. The van der Waals surface area contributed by atoms with E-state index in [2.05, 4.69) is 19.0 Å². The van der Waals surface area contributed by atoms with Crippen LogP contribution in [0, 0.1) is 0 Å². The number of rotatable bonds is 4. The molecule has 2 rings (SSSR count). The van der Waals surface area contributed by atoms with Gasteiger partial charge in [0.1, 0.15) is 0 Å². The summed E-state index contributed by atoms with van der Waals surface area (Å²) in [6.07, 6.45) is 4.13. The molecule has 0 saturated carbocycles. The molecule has 1 aliphatic heterocycles. The van der Waals surface area contributed by atoms with Gasteiger partial charge in [-0.15, -0.1) is 0 Å². The molecule has 0 atom stereocenters. The average Bonchev–Trinajstić information content (AvgIpc) is 2.37. The molecule has 1 aromatic carbocycles. The van der Waals surface area contributed by atoms with E-state index in [1.807, 2.05) is 18.2 Å². The summed E-state index contributed by atoms with van der Waals surface area (Å²) in [5.41, 5.74) is 14.4. The molecular formula is C15H27N4+. The summed E-state index contributed by atoms with van der Waals surface area (Å²) in [6, 6.07) is 5.77. The number of anilines is 3. The molecule has 0 radical (unpaired) electrons. The van der Waals surface area contributed by atoms with E-state index in [4.69, 9.17) is 11.5 Å². The van der Waals surface area contributed by atoms with Gasteiger partial charge in [-0.05, 0) is 37.5 Å². The number of benzene rings is 1. The molecule has 1 fully saturated rings. The van der Waals surface area contributed by atoms with E-state index in [1.165, 1.54) is 43.4 Å². The fraction of sp³-hybridized carbons (Fsp3) is 0.600. The Kier molecular flexibility index (Phi) is 4.20. The lowest BCUT2D eigenvalue weighted by atomic mass is 10.1. The topological polar surface area (TPSA) is 55.3 Å². The number of nitrogens with two attached hydrogens (primary N) is 2. The minimum Gasteiger partial charge on any atom is -0.399 e. The number of nitrogen functional groups attached to an aromatic ring is 2. The third-order valence-corrected chi connectivity index (χ3v) is 4.33. The van der Waals surface area contributed by atoms with E-state index in [0.717, 1.165) is 23.6 Å². The SMILES string of the molecule is CN(CC[N+]1(C)CCCCC1)c1ccc(N)cc1N. The van der Waals surface area contributed by atoms with E-state index < -0.39 is 0 Å². The van der Waals surface area contributed by atoms with Gasteiger partial charge in [-0.3, -0.25) is 0 Å². The Bertz CT molecular complexity index is 424. The lowest BCUT2D eigenvalue weighted by Crippen LogP contribution is -2.51. The summed E-state index contributed by atoms with van der Waals surface area (Å²) < 4.78 is 1.19. The van der Waals surface area contributed by atoms with Crippen LogP contribution in [0.4, 0.5) is 17.1 Å². The van der Waals surface area contributed by atoms with Crippen molar-refractivity contribution < 1.29 is 4.48 Å². The minimum absolute atomic E-state index is 0.727. The van der Waals surface area contributed by atoms with Gasteiger partial charge in [-0.25, -0.2) is 0 Å². The standard InChI is InChI=1S/C15H27N4/c1-18(15-7-6-13(16)12-14(15)17)8-11-19(2)9-4-3-5-10-19/h6-7,12H,3-5,8-11,16-17H2,1-2H3/q+1. The predicted octanol–water partition coefficient (Wildman–Crippen LogP) is 1.92. The Morgan fingerprint density at radius 1 is 1.16 bits per heavy atom. The molecule has 4 heteroatoms. The van der Waals surface area contributed by atoms with Crippen molar-refractivity contribution in [1.82, 2.24) is 0 Å². The van der Waals surface area contributed by atoms with Gasteiger partial charge in [0.05, 0.1) is 44.6 Å². The molecule has 0 aromatic heterocycles. The van der Waals surface area contributed by atoms with Crippen molar-refractivity contribution >= 4 is 17.1 Å². The van der Waals surface area contributed by atoms with E-state index in [0.29, 0.717) is 0 Å². The first-order valence-corrected chi connectivity index (χ1v) is 7.20. The second-order valence-electron chi connectivity index (χ2n) is 6.09. The molecule has 0 unspecified atom stereocenters. The zero-order chi connectivity index (χ0) is 13.9. The summed E-state index contributed by atoms with van der Waals surface area (Å²) >= 11 is 0. The third kappa shape index (κ3) is 3.53. The van der Waals surface area contributed by atoms with Gasteiger partial charge >= 0.3 is 0 Å². The smallest absolute Gasteiger partial charge is 0.0962 e. The molecule has 1 saturated heterocycles. The Labute approximate surface area is 116 Å². The van der Waals surface area contributed by atoms with E-state index in [1.54, 1.807) is 0 Å².